The number of aromatic nitrogens is 1. The highest BCUT2D eigenvalue weighted by molar-refractivity contribution is 7.13. The van der Waals surface area contributed by atoms with Gasteiger partial charge in [-0.25, -0.2) is 4.98 Å². The van der Waals surface area contributed by atoms with Crippen LogP contribution in [0.2, 0.25) is 0 Å². The second kappa shape index (κ2) is 4.98. The van der Waals surface area contributed by atoms with Crippen LogP contribution in [0.1, 0.15) is 18.2 Å². The quantitative estimate of drug-likeness (QED) is 0.830. The molecule has 0 fully saturated rings. The molecule has 86 valence electrons. The van der Waals surface area contributed by atoms with Gasteiger partial charge in [-0.1, -0.05) is 13.0 Å². The van der Waals surface area contributed by atoms with Gasteiger partial charge in [0.15, 0.2) is 5.13 Å². The second-order valence-electron chi connectivity index (χ2n) is 3.70. The fourth-order valence-electron chi connectivity index (χ4n) is 1.51. The minimum Gasteiger partial charge on any atom is -0.321 e. The lowest BCUT2D eigenvalue weighted by Gasteiger charge is -2.15. The number of rotatable bonds is 3. The largest absolute Gasteiger partial charge is 0.321 e. The molecule has 3 nitrogen and oxygen atoms in total. The van der Waals surface area contributed by atoms with E-state index in [1.807, 2.05) is 30.1 Å². The van der Waals surface area contributed by atoms with E-state index in [0.29, 0.717) is 5.56 Å². The van der Waals surface area contributed by atoms with Crippen molar-refractivity contribution in [1.29, 1.82) is 5.26 Å². The lowest BCUT2D eigenvalue weighted by molar-refractivity contribution is 1.04. The average Bonchev–Trinajstić information content (AvgIpc) is 2.86. The molecule has 0 saturated carbocycles. The van der Waals surface area contributed by atoms with E-state index in [1.165, 1.54) is 0 Å². The zero-order valence-corrected chi connectivity index (χ0v) is 10.7. The average molecular weight is 243 g/mol. The molecule has 0 aliphatic rings. The normalized spacial score (nSPS) is 9.94. The van der Waals surface area contributed by atoms with Gasteiger partial charge in [0.25, 0.3) is 0 Å². The van der Waals surface area contributed by atoms with E-state index in [0.717, 1.165) is 22.9 Å². The summed E-state index contributed by atoms with van der Waals surface area (Å²) >= 11 is 1.62. The Hall–Kier alpha value is -1.86. The minimum atomic E-state index is 0.668. The topological polar surface area (TPSA) is 39.9 Å². The highest BCUT2D eigenvalue weighted by atomic mass is 32.1. The Labute approximate surface area is 105 Å². The van der Waals surface area contributed by atoms with Crippen LogP contribution in [0.25, 0.3) is 0 Å². The van der Waals surface area contributed by atoms with E-state index < -0.39 is 0 Å². The van der Waals surface area contributed by atoms with Gasteiger partial charge in [0.2, 0.25) is 0 Å². The van der Waals surface area contributed by atoms with Gasteiger partial charge in [0, 0.05) is 18.1 Å². The number of aryl methyl sites for hydroxylation is 1. The summed E-state index contributed by atoms with van der Waals surface area (Å²) in [5.41, 5.74) is 2.76. The molecular formula is C13H13N3S. The van der Waals surface area contributed by atoms with E-state index in [2.05, 4.69) is 23.4 Å². The third kappa shape index (κ3) is 2.45. The standard InChI is InChI=1S/C13H13N3S/c1-3-11-9-17-13(15-11)16(2)12-6-4-5-10(7-12)8-14/h4-7,9H,3H2,1-2H3. The zero-order valence-electron chi connectivity index (χ0n) is 9.84. The second-order valence-corrected chi connectivity index (χ2v) is 4.53. The number of hydrogen-bond donors (Lipinski definition) is 0. The van der Waals surface area contributed by atoms with Crippen molar-refractivity contribution < 1.29 is 0 Å². The molecule has 0 unspecified atom stereocenters. The monoisotopic (exact) mass is 243 g/mol. The summed E-state index contributed by atoms with van der Waals surface area (Å²) in [4.78, 5) is 6.53. The van der Waals surface area contributed by atoms with Crippen molar-refractivity contribution in [3.63, 3.8) is 0 Å². The first kappa shape index (κ1) is 11.6. The van der Waals surface area contributed by atoms with Gasteiger partial charge in [-0.05, 0) is 24.6 Å². The zero-order chi connectivity index (χ0) is 12.3. The number of anilines is 2. The Bertz CT molecular complexity index is 554. The van der Waals surface area contributed by atoms with Crippen LogP contribution >= 0.6 is 11.3 Å². The third-order valence-electron chi connectivity index (χ3n) is 2.55. The molecule has 0 radical (unpaired) electrons. The van der Waals surface area contributed by atoms with Crippen molar-refractivity contribution in [3.8, 4) is 6.07 Å². The van der Waals surface area contributed by atoms with Crippen molar-refractivity contribution in [2.75, 3.05) is 11.9 Å². The predicted molar refractivity (Wildman–Crippen MR) is 70.7 cm³/mol. The number of thiazole rings is 1. The number of benzene rings is 1. The maximum atomic E-state index is 8.88. The summed E-state index contributed by atoms with van der Waals surface area (Å²) in [6.45, 7) is 2.09. The van der Waals surface area contributed by atoms with Gasteiger partial charge in [-0.15, -0.1) is 11.3 Å². The fourth-order valence-corrected chi connectivity index (χ4v) is 2.40. The molecule has 17 heavy (non-hydrogen) atoms. The molecule has 1 heterocycles. The third-order valence-corrected chi connectivity index (χ3v) is 3.52. The van der Waals surface area contributed by atoms with E-state index in [4.69, 9.17) is 5.26 Å². The Morgan fingerprint density at radius 1 is 1.47 bits per heavy atom. The molecule has 0 aliphatic heterocycles. The van der Waals surface area contributed by atoms with Gasteiger partial charge in [0.1, 0.15) is 0 Å². The Morgan fingerprint density at radius 2 is 2.29 bits per heavy atom. The van der Waals surface area contributed by atoms with Crippen LogP contribution in [0.3, 0.4) is 0 Å². The summed E-state index contributed by atoms with van der Waals surface area (Å²) in [5, 5.41) is 11.9. The molecule has 1 aromatic heterocycles. The molecule has 1 aromatic carbocycles. The summed E-state index contributed by atoms with van der Waals surface area (Å²) in [7, 11) is 1.97. The summed E-state index contributed by atoms with van der Waals surface area (Å²) < 4.78 is 0. The van der Waals surface area contributed by atoms with Crippen molar-refractivity contribution in [2.24, 2.45) is 0 Å². The Morgan fingerprint density at radius 3 is 2.94 bits per heavy atom. The van der Waals surface area contributed by atoms with Crippen LogP contribution < -0.4 is 4.90 Å². The summed E-state index contributed by atoms with van der Waals surface area (Å²) in [6.07, 6.45) is 0.947. The predicted octanol–water partition coefficient (Wildman–Crippen LogP) is 3.35. The van der Waals surface area contributed by atoms with Gasteiger partial charge < -0.3 is 4.90 Å². The highest BCUT2D eigenvalue weighted by Crippen LogP contribution is 2.27. The molecule has 0 atom stereocenters. The highest BCUT2D eigenvalue weighted by Gasteiger charge is 2.08. The van der Waals surface area contributed by atoms with E-state index in [9.17, 15) is 0 Å². The van der Waals surface area contributed by atoms with Crippen molar-refractivity contribution in [1.82, 2.24) is 4.98 Å². The van der Waals surface area contributed by atoms with Gasteiger partial charge in [-0.2, -0.15) is 5.26 Å². The Balaban J connectivity index is 2.30. The number of nitrogens with zero attached hydrogens (tertiary/aromatic N) is 3. The molecule has 2 rings (SSSR count). The fraction of sp³-hybridized carbons (Fsp3) is 0.231. The van der Waals surface area contributed by atoms with Crippen LogP contribution in [0.4, 0.5) is 10.8 Å². The molecule has 0 spiro atoms. The lowest BCUT2D eigenvalue weighted by atomic mass is 10.2. The van der Waals surface area contributed by atoms with Crippen molar-refractivity contribution in [3.05, 3.63) is 40.9 Å². The molecule has 0 N–H and O–H groups in total. The lowest BCUT2D eigenvalue weighted by Crippen LogP contribution is -2.09. The molecular weight excluding hydrogens is 230 g/mol. The SMILES string of the molecule is CCc1csc(N(C)c2cccc(C#N)c2)n1. The van der Waals surface area contributed by atoms with E-state index >= 15 is 0 Å². The molecule has 0 saturated heterocycles. The maximum Gasteiger partial charge on any atom is 0.189 e. The molecule has 2 aromatic rings. The first-order chi connectivity index (χ1) is 8.24. The number of nitriles is 1. The van der Waals surface area contributed by atoms with E-state index in [-0.39, 0.29) is 0 Å². The van der Waals surface area contributed by atoms with Crippen LogP contribution in [-0.2, 0) is 6.42 Å². The van der Waals surface area contributed by atoms with E-state index in [1.54, 1.807) is 17.4 Å². The smallest absolute Gasteiger partial charge is 0.189 e. The Kier molecular flexibility index (Phi) is 3.40. The molecule has 0 bridgehead atoms. The summed E-state index contributed by atoms with van der Waals surface area (Å²) in [6, 6.07) is 9.68. The van der Waals surface area contributed by atoms with Crippen LogP contribution in [0, 0.1) is 11.3 Å². The van der Waals surface area contributed by atoms with Crippen molar-refractivity contribution in [2.45, 2.75) is 13.3 Å². The van der Waals surface area contributed by atoms with Crippen LogP contribution in [0.15, 0.2) is 29.6 Å². The minimum absolute atomic E-state index is 0.668. The first-order valence-corrected chi connectivity index (χ1v) is 6.31. The van der Waals surface area contributed by atoms with Crippen LogP contribution in [-0.4, -0.2) is 12.0 Å². The van der Waals surface area contributed by atoms with Gasteiger partial charge >= 0.3 is 0 Å². The van der Waals surface area contributed by atoms with Gasteiger partial charge in [0.05, 0.1) is 17.3 Å². The number of hydrogen-bond acceptors (Lipinski definition) is 4. The van der Waals surface area contributed by atoms with Crippen molar-refractivity contribution >= 4 is 22.2 Å². The maximum absolute atomic E-state index is 8.88. The molecule has 0 amide bonds. The molecule has 4 heteroatoms. The molecule has 0 aliphatic carbocycles. The van der Waals surface area contributed by atoms with Gasteiger partial charge in [-0.3, -0.25) is 0 Å². The first-order valence-electron chi connectivity index (χ1n) is 5.43. The van der Waals surface area contributed by atoms with Crippen LogP contribution in [0.5, 0.6) is 0 Å². The summed E-state index contributed by atoms with van der Waals surface area (Å²) in [5.74, 6) is 0.